The number of carbonyl (C=O) groups is 2. The Hall–Kier alpha value is -2.31. The molecule has 120 valence electrons. The van der Waals surface area contributed by atoms with Gasteiger partial charge in [-0.15, -0.1) is 0 Å². The smallest absolute Gasteiger partial charge is 0.408 e. The Morgan fingerprint density at radius 2 is 2.09 bits per heavy atom. The van der Waals surface area contributed by atoms with Gasteiger partial charge in [0.1, 0.15) is 22.7 Å². The van der Waals surface area contributed by atoms with Crippen molar-refractivity contribution >= 4 is 12.1 Å². The Kier molecular flexibility index (Phi) is 4.25. The van der Waals surface area contributed by atoms with Gasteiger partial charge in [0, 0.05) is 6.42 Å². The molecule has 22 heavy (non-hydrogen) atoms. The van der Waals surface area contributed by atoms with Crippen molar-refractivity contribution in [2.75, 3.05) is 6.61 Å². The highest BCUT2D eigenvalue weighted by Gasteiger charge is 2.31. The minimum absolute atomic E-state index is 0.0389. The number of amides is 1. The zero-order valence-corrected chi connectivity index (χ0v) is 12.6. The first-order valence-corrected chi connectivity index (χ1v) is 6.87. The van der Waals surface area contributed by atoms with E-state index in [2.05, 4.69) is 5.32 Å². The maximum absolute atomic E-state index is 14.1. The summed E-state index contributed by atoms with van der Waals surface area (Å²) in [6.45, 7) is 5.33. The molecule has 0 spiro atoms. The van der Waals surface area contributed by atoms with E-state index in [0.717, 1.165) is 12.1 Å². The number of halogens is 1. The second kappa shape index (κ2) is 5.82. The summed E-state index contributed by atoms with van der Waals surface area (Å²) in [4.78, 5) is 23.0. The Morgan fingerprint density at radius 1 is 1.41 bits per heavy atom. The van der Waals surface area contributed by atoms with Crippen LogP contribution in [0.5, 0.6) is 5.75 Å². The summed E-state index contributed by atoms with van der Waals surface area (Å²) in [5, 5.41) is 11.7. The third-order valence-corrected chi connectivity index (χ3v) is 3.07. The van der Waals surface area contributed by atoms with Crippen molar-refractivity contribution in [2.24, 2.45) is 0 Å². The molecular weight excluding hydrogens is 293 g/mol. The molecule has 1 heterocycles. The lowest BCUT2D eigenvalue weighted by Gasteiger charge is -2.29. The van der Waals surface area contributed by atoms with Crippen LogP contribution in [0.4, 0.5) is 9.18 Å². The van der Waals surface area contributed by atoms with Crippen molar-refractivity contribution in [3.05, 3.63) is 29.1 Å². The lowest BCUT2D eigenvalue weighted by molar-refractivity contribution is 0.0489. The van der Waals surface area contributed by atoms with E-state index in [0.29, 0.717) is 6.42 Å². The lowest BCUT2D eigenvalue weighted by Crippen LogP contribution is -2.37. The summed E-state index contributed by atoms with van der Waals surface area (Å²) in [5.41, 5.74) is -0.774. The number of hydrogen-bond donors (Lipinski definition) is 2. The summed E-state index contributed by atoms with van der Waals surface area (Å²) in [6.07, 6.45) is -0.364. The van der Waals surface area contributed by atoms with Crippen LogP contribution in [0, 0.1) is 5.82 Å². The molecule has 0 saturated heterocycles. The number of ether oxygens (including phenoxy) is 2. The number of aromatic carboxylic acids is 1. The molecule has 7 heteroatoms. The molecule has 1 aliphatic rings. The van der Waals surface area contributed by atoms with Gasteiger partial charge in [-0.3, -0.25) is 0 Å². The second-order valence-electron chi connectivity index (χ2n) is 5.98. The molecule has 1 aromatic rings. The normalized spacial score (nSPS) is 17.2. The van der Waals surface area contributed by atoms with Crippen LogP contribution in [-0.4, -0.2) is 29.4 Å². The van der Waals surface area contributed by atoms with Crippen molar-refractivity contribution in [3.63, 3.8) is 0 Å². The summed E-state index contributed by atoms with van der Waals surface area (Å²) >= 11 is 0. The second-order valence-corrected chi connectivity index (χ2v) is 5.98. The van der Waals surface area contributed by atoms with Crippen molar-refractivity contribution in [1.29, 1.82) is 0 Å². The summed E-state index contributed by atoms with van der Waals surface area (Å²) in [5.74, 6) is -1.88. The van der Waals surface area contributed by atoms with Gasteiger partial charge < -0.3 is 19.9 Å². The predicted octanol–water partition coefficient (Wildman–Crippen LogP) is 2.87. The third kappa shape index (κ3) is 3.47. The van der Waals surface area contributed by atoms with Crippen LogP contribution in [0.2, 0.25) is 0 Å². The first-order valence-electron chi connectivity index (χ1n) is 6.87. The molecule has 0 radical (unpaired) electrons. The van der Waals surface area contributed by atoms with E-state index in [1.54, 1.807) is 20.8 Å². The lowest BCUT2D eigenvalue weighted by atomic mass is 9.97. The average molecular weight is 311 g/mol. The van der Waals surface area contributed by atoms with E-state index in [9.17, 15) is 14.0 Å². The molecule has 0 saturated carbocycles. The highest BCUT2D eigenvalue weighted by atomic mass is 19.1. The van der Waals surface area contributed by atoms with Gasteiger partial charge in [-0.25, -0.2) is 14.0 Å². The van der Waals surface area contributed by atoms with Crippen molar-refractivity contribution in [3.8, 4) is 5.75 Å². The van der Waals surface area contributed by atoms with Crippen LogP contribution in [0.25, 0.3) is 0 Å². The van der Waals surface area contributed by atoms with E-state index in [1.807, 2.05) is 0 Å². The van der Waals surface area contributed by atoms with E-state index < -0.39 is 29.5 Å². The molecule has 0 bridgehead atoms. The largest absolute Gasteiger partial charge is 0.492 e. The maximum Gasteiger partial charge on any atom is 0.408 e. The number of carboxylic acid groups (broad SMARTS) is 1. The fourth-order valence-corrected chi connectivity index (χ4v) is 2.24. The zero-order valence-electron chi connectivity index (χ0n) is 12.6. The monoisotopic (exact) mass is 311 g/mol. The van der Waals surface area contributed by atoms with Gasteiger partial charge >= 0.3 is 12.1 Å². The predicted molar refractivity (Wildman–Crippen MR) is 75.6 cm³/mol. The first-order chi connectivity index (χ1) is 10.2. The van der Waals surface area contributed by atoms with Crippen LogP contribution >= 0.6 is 0 Å². The standard InChI is InChI=1S/C15H18FNO5/c1-15(2,3)22-14(20)17-10-6-7-21-12-8(13(18)19)4-5-9(16)11(10)12/h4-5,10H,6-7H2,1-3H3,(H,17,20)(H,18,19). The maximum atomic E-state index is 14.1. The number of benzene rings is 1. The van der Waals surface area contributed by atoms with Gasteiger partial charge in [0.25, 0.3) is 0 Å². The molecular formula is C15H18FNO5. The Bertz CT molecular complexity index is 609. The number of fused-ring (bicyclic) bond motifs is 1. The molecule has 1 unspecified atom stereocenters. The molecule has 0 fully saturated rings. The first kappa shape index (κ1) is 16.1. The van der Waals surface area contributed by atoms with Gasteiger partial charge in [-0.2, -0.15) is 0 Å². The molecule has 1 aromatic carbocycles. The van der Waals surface area contributed by atoms with Crippen LogP contribution in [0.3, 0.4) is 0 Å². The molecule has 2 N–H and O–H groups in total. The molecule has 6 nitrogen and oxygen atoms in total. The number of carbonyl (C=O) groups excluding carboxylic acids is 1. The van der Waals surface area contributed by atoms with Gasteiger partial charge in [0.2, 0.25) is 0 Å². The van der Waals surface area contributed by atoms with E-state index in [1.165, 1.54) is 0 Å². The molecule has 0 aliphatic carbocycles. The van der Waals surface area contributed by atoms with Crippen LogP contribution in [-0.2, 0) is 4.74 Å². The summed E-state index contributed by atoms with van der Waals surface area (Å²) in [6, 6.07) is 1.51. The molecule has 1 aliphatic heterocycles. The number of nitrogens with one attached hydrogen (secondary N) is 1. The van der Waals surface area contributed by atoms with E-state index >= 15 is 0 Å². The minimum Gasteiger partial charge on any atom is -0.492 e. The van der Waals surface area contributed by atoms with Crippen LogP contribution < -0.4 is 10.1 Å². The van der Waals surface area contributed by atoms with E-state index in [-0.39, 0.29) is 23.5 Å². The molecule has 1 atom stereocenters. The van der Waals surface area contributed by atoms with E-state index in [4.69, 9.17) is 14.6 Å². The van der Waals surface area contributed by atoms with Crippen molar-refractivity contribution < 1.29 is 28.6 Å². The summed E-state index contributed by atoms with van der Waals surface area (Å²) in [7, 11) is 0. The molecule has 1 amide bonds. The fourth-order valence-electron chi connectivity index (χ4n) is 2.24. The van der Waals surface area contributed by atoms with Gasteiger partial charge in [0.15, 0.2) is 0 Å². The van der Waals surface area contributed by atoms with Crippen LogP contribution in [0.1, 0.15) is 49.2 Å². The molecule has 2 rings (SSSR count). The average Bonchev–Trinajstić information content (AvgIpc) is 2.36. The number of rotatable bonds is 2. The number of alkyl carbamates (subject to hydrolysis) is 1. The van der Waals surface area contributed by atoms with Crippen molar-refractivity contribution in [1.82, 2.24) is 5.32 Å². The quantitative estimate of drug-likeness (QED) is 0.877. The molecule has 0 aromatic heterocycles. The van der Waals surface area contributed by atoms with Gasteiger partial charge in [-0.05, 0) is 32.9 Å². The van der Waals surface area contributed by atoms with Gasteiger partial charge in [-0.1, -0.05) is 0 Å². The number of hydrogen-bond acceptors (Lipinski definition) is 4. The SMILES string of the molecule is CC(C)(C)OC(=O)NC1CCOc2c(C(=O)O)ccc(F)c21. The zero-order chi connectivity index (χ0) is 16.5. The van der Waals surface area contributed by atoms with Crippen molar-refractivity contribution in [2.45, 2.75) is 38.8 Å². The minimum atomic E-state index is -1.21. The highest BCUT2D eigenvalue weighted by molar-refractivity contribution is 5.91. The Morgan fingerprint density at radius 3 is 2.68 bits per heavy atom. The third-order valence-electron chi connectivity index (χ3n) is 3.07. The Labute approximate surface area is 127 Å². The highest BCUT2D eigenvalue weighted by Crippen LogP contribution is 2.37. The Balaban J connectivity index is 2.30. The number of carboxylic acids is 1. The topological polar surface area (TPSA) is 84.9 Å². The van der Waals surface area contributed by atoms with Gasteiger partial charge in [0.05, 0.1) is 18.2 Å². The summed E-state index contributed by atoms with van der Waals surface area (Å²) < 4.78 is 24.5. The fraction of sp³-hybridized carbons (Fsp3) is 0.467. The van der Waals surface area contributed by atoms with Crippen LogP contribution in [0.15, 0.2) is 12.1 Å².